The van der Waals surface area contributed by atoms with Crippen molar-refractivity contribution in [2.45, 2.75) is 132 Å². The molecule has 7 rings (SSSR count). The molecule has 5 aliphatic rings. The number of hydrogen-bond acceptors (Lipinski definition) is 9. The zero-order valence-corrected chi connectivity index (χ0v) is 32.8. The van der Waals surface area contributed by atoms with E-state index in [1.54, 1.807) is 45.0 Å². The fourth-order valence-corrected chi connectivity index (χ4v) is 9.94. The average molecular weight is 802 g/mol. The van der Waals surface area contributed by atoms with E-state index in [1.807, 2.05) is 6.08 Å². The Hall–Kier alpha value is -4.54. The van der Waals surface area contributed by atoms with Gasteiger partial charge in [-0.1, -0.05) is 25.0 Å². The summed E-state index contributed by atoms with van der Waals surface area (Å²) in [5, 5.41) is 13.7. The number of carbonyl (C=O) groups excluding carboxylic acids is 3. The third-order valence-corrected chi connectivity index (χ3v) is 14.5. The van der Waals surface area contributed by atoms with E-state index in [-0.39, 0.29) is 44.4 Å². The minimum atomic E-state index is -4.07. The number of carboxylic acid groups (broad SMARTS) is 1. The molecule has 4 heterocycles. The fourth-order valence-electron chi connectivity index (χ4n) is 8.63. The number of benzene rings is 1. The summed E-state index contributed by atoms with van der Waals surface area (Å²) in [5.74, 6) is -2.47. The first-order valence-electron chi connectivity index (χ1n) is 19.3. The van der Waals surface area contributed by atoms with E-state index in [2.05, 4.69) is 15.0 Å². The van der Waals surface area contributed by atoms with Crippen molar-refractivity contribution in [3.8, 4) is 11.5 Å². The van der Waals surface area contributed by atoms with Gasteiger partial charge in [0.2, 0.25) is 21.8 Å². The second-order valence-corrected chi connectivity index (χ2v) is 18.7. The van der Waals surface area contributed by atoms with Gasteiger partial charge < -0.3 is 24.8 Å². The van der Waals surface area contributed by atoms with E-state index in [0.29, 0.717) is 60.7 Å². The molecule has 1 spiro atoms. The Bertz CT molecular complexity index is 2090. The lowest BCUT2D eigenvalue weighted by Crippen LogP contribution is -2.59. The molecule has 3 aliphatic heterocycles. The van der Waals surface area contributed by atoms with Gasteiger partial charge in [-0.05, 0) is 90.3 Å². The number of nitrogens with one attached hydrogen (secondary N) is 2. The number of rotatable bonds is 7. The van der Waals surface area contributed by atoms with Crippen molar-refractivity contribution in [1.29, 1.82) is 0 Å². The molecule has 1 saturated heterocycles. The monoisotopic (exact) mass is 801 g/mol. The molecule has 0 bridgehead atoms. The van der Waals surface area contributed by atoms with Gasteiger partial charge in [-0.25, -0.2) is 27.0 Å². The number of ether oxygens (including phenoxy) is 2. The Balaban J connectivity index is 1.29. The maximum absolute atomic E-state index is 14.8. The van der Waals surface area contributed by atoms with Crippen LogP contribution < -0.4 is 19.5 Å². The second kappa shape index (κ2) is 14.4. The van der Waals surface area contributed by atoms with Gasteiger partial charge >= 0.3 is 6.09 Å². The standard InChI is InChI=1S/C39H49F2N5O9S/c1-22(2)46(36(50)51)28-11-9-7-5-6-8-10-23-19-39(23,35(49)44-56(52,53)37(3)16-17-37)43-33(47)29-20-38(21-45(29)34(28)48)15-14-25-26-18-24(54-4)12-13-27(26)42-30(32(40)41)31(25)55-38/h8,10,12-13,18,22-23,28-29,32H,5-7,9,11,14-17,19-21H2,1-4H3,(H,43,47)(H,44,49)(H,50,51)/b10-8-/t23-,28+,29+,38-,39-/m1/s1. The maximum atomic E-state index is 14.8. The van der Waals surface area contributed by atoms with Crippen molar-refractivity contribution >= 4 is 44.7 Å². The summed E-state index contributed by atoms with van der Waals surface area (Å²) in [7, 11) is -2.58. The van der Waals surface area contributed by atoms with E-state index in [1.165, 1.54) is 12.0 Å². The van der Waals surface area contributed by atoms with E-state index >= 15 is 0 Å². The van der Waals surface area contributed by atoms with Crippen molar-refractivity contribution in [3.63, 3.8) is 0 Å². The molecule has 14 nitrogen and oxygen atoms in total. The molecule has 0 unspecified atom stereocenters. The molecule has 3 N–H and O–H groups in total. The van der Waals surface area contributed by atoms with Gasteiger partial charge in [0.25, 0.3) is 12.3 Å². The number of nitrogens with zero attached hydrogens (tertiary/aromatic N) is 3. The highest BCUT2D eigenvalue weighted by molar-refractivity contribution is 7.91. The number of carbonyl (C=O) groups is 4. The van der Waals surface area contributed by atoms with Crippen LogP contribution in [0.4, 0.5) is 13.6 Å². The van der Waals surface area contributed by atoms with Gasteiger partial charge in [-0.3, -0.25) is 24.0 Å². The van der Waals surface area contributed by atoms with Crippen molar-refractivity contribution in [2.24, 2.45) is 5.92 Å². The SMILES string of the molecule is COc1ccc2nc(C(F)F)c3c(c2c1)CC[C@]1(C[C@H]2C(=O)N[C@]4(C(=O)NS(=O)(=O)C5(C)CC5)C[C@H]4/C=C\CCCCC[C@H](N(C(=O)O)C(C)C)C(=O)N2C1)O3. The summed E-state index contributed by atoms with van der Waals surface area (Å²) >= 11 is 0. The zero-order valence-electron chi connectivity index (χ0n) is 32.0. The van der Waals surface area contributed by atoms with Crippen LogP contribution in [0.5, 0.6) is 11.5 Å². The van der Waals surface area contributed by atoms with E-state index in [9.17, 15) is 41.5 Å². The van der Waals surface area contributed by atoms with Crippen LogP contribution in [-0.2, 0) is 30.8 Å². The first kappa shape index (κ1) is 39.7. The van der Waals surface area contributed by atoms with Gasteiger partial charge in [0, 0.05) is 29.3 Å². The fraction of sp³-hybridized carbons (Fsp3) is 0.615. The highest BCUT2D eigenvalue weighted by Crippen LogP contribution is 2.50. The number of fused-ring (bicyclic) bond motifs is 5. The Morgan fingerprint density at radius 2 is 1.89 bits per heavy atom. The number of pyridine rings is 1. The number of halogens is 2. The molecule has 56 heavy (non-hydrogen) atoms. The van der Waals surface area contributed by atoms with Crippen LogP contribution in [0.1, 0.15) is 103 Å². The molecule has 2 saturated carbocycles. The first-order valence-corrected chi connectivity index (χ1v) is 20.8. The van der Waals surface area contributed by atoms with Crippen LogP contribution in [0, 0.1) is 5.92 Å². The Morgan fingerprint density at radius 3 is 2.55 bits per heavy atom. The number of amides is 4. The number of aromatic nitrogens is 1. The number of alkyl halides is 2. The molecule has 5 atom stereocenters. The smallest absolute Gasteiger partial charge is 0.408 e. The summed E-state index contributed by atoms with van der Waals surface area (Å²) in [6, 6.07) is 1.80. The minimum absolute atomic E-state index is 0.117. The van der Waals surface area contributed by atoms with Crippen LogP contribution in [-0.4, -0.2) is 99.8 Å². The first-order chi connectivity index (χ1) is 26.4. The summed E-state index contributed by atoms with van der Waals surface area (Å²) in [6.07, 6.45) is 3.20. The number of allylic oxidation sites excluding steroid dienone is 1. The molecule has 3 fully saturated rings. The third kappa shape index (κ3) is 7.04. The number of sulfonamides is 1. The lowest BCUT2D eigenvalue weighted by Gasteiger charge is -2.38. The molecular formula is C39H49F2N5O9S. The van der Waals surface area contributed by atoms with Crippen molar-refractivity contribution in [3.05, 3.63) is 41.6 Å². The normalized spacial score (nSPS) is 29.3. The number of aryl methyl sites for hydroxylation is 1. The lowest BCUT2D eigenvalue weighted by atomic mass is 9.87. The molecule has 304 valence electrons. The third-order valence-electron chi connectivity index (χ3n) is 12.3. The largest absolute Gasteiger partial charge is 0.497 e. The summed E-state index contributed by atoms with van der Waals surface area (Å²) in [5.41, 5.74) is -2.77. The second-order valence-electron chi connectivity index (χ2n) is 16.5. The quantitative estimate of drug-likeness (QED) is 0.322. The van der Waals surface area contributed by atoms with Gasteiger partial charge in [-0.2, -0.15) is 0 Å². The average Bonchev–Trinajstić information content (AvgIpc) is 4.03. The van der Waals surface area contributed by atoms with E-state index in [0.717, 1.165) is 4.90 Å². The summed E-state index contributed by atoms with van der Waals surface area (Å²) < 4.78 is 68.8. The minimum Gasteiger partial charge on any atom is -0.497 e. The number of hydrogen-bond donors (Lipinski definition) is 3. The molecule has 2 aliphatic carbocycles. The van der Waals surface area contributed by atoms with E-state index in [4.69, 9.17) is 9.47 Å². The lowest BCUT2D eigenvalue weighted by molar-refractivity contribution is -0.144. The molecule has 1 aromatic heterocycles. The van der Waals surface area contributed by atoms with Crippen molar-refractivity contribution < 1.29 is 51.0 Å². The van der Waals surface area contributed by atoms with E-state index < -0.39 is 85.9 Å². The molecular weight excluding hydrogens is 753 g/mol. The molecule has 2 aromatic rings. The summed E-state index contributed by atoms with van der Waals surface area (Å²) in [6.45, 7) is 4.62. The molecule has 17 heteroatoms. The van der Waals surface area contributed by atoms with Crippen LogP contribution in [0.15, 0.2) is 30.4 Å². The van der Waals surface area contributed by atoms with Crippen LogP contribution in [0.3, 0.4) is 0 Å². The predicted molar refractivity (Wildman–Crippen MR) is 200 cm³/mol. The highest BCUT2D eigenvalue weighted by Gasteiger charge is 2.64. The van der Waals surface area contributed by atoms with Gasteiger partial charge in [0.15, 0.2) is 5.75 Å². The van der Waals surface area contributed by atoms with Gasteiger partial charge in [0.1, 0.15) is 34.7 Å². The van der Waals surface area contributed by atoms with Crippen LogP contribution in [0.2, 0.25) is 0 Å². The summed E-state index contributed by atoms with van der Waals surface area (Å²) in [4.78, 5) is 62.7. The topological polar surface area (TPSA) is 185 Å². The Kier molecular flexibility index (Phi) is 10.2. The Labute approximate surface area is 324 Å². The van der Waals surface area contributed by atoms with Gasteiger partial charge in [0.05, 0.1) is 23.9 Å². The predicted octanol–water partition coefficient (Wildman–Crippen LogP) is 5.00. The Morgan fingerprint density at radius 1 is 1.14 bits per heavy atom. The maximum Gasteiger partial charge on any atom is 0.408 e. The number of methoxy groups -OCH3 is 1. The van der Waals surface area contributed by atoms with Gasteiger partial charge in [-0.15, -0.1) is 0 Å². The molecule has 1 aromatic carbocycles. The highest BCUT2D eigenvalue weighted by atomic mass is 32.2. The van der Waals surface area contributed by atoms with Crippen molar-refractivity contribution in [1.82, 2.24) is 24.8 Å². The van der Waals surface area contributed by atoms with Crippen molar-refractivity contribution in [2.75, 3.05) is 13.7 Å². The zero-order chi connectivity index (χ0) is 40.4. The molecule has 4 amide bonds. The molecule has 0 radical (unpaired) electrons. The van der Waals surface area contributed by atoms with Crippen LogP contribution >= 0.6 is 0 Å². The van der Waals surface area contributed by atoms with Crippen LogP contribution in [0.25, 0.3) is 10.9 Å².